The highest BCUT2D eigenvalue weighted by Gasteiger charge is 2.29. The molecule has 8 heteroatoms. The maximum atomic E-state index is 12.2. The monoisotopic (exact) mass is 283 g/mol. The Labute approximate surface area is 103 Å². The third kappa shape index (κ3) is 5.37. The number of sulfonamides is 1. The fourth-order valence-electron chi connectivity index (χ4n) is 1.19. The lowest BCUT2D eigenvalue weighted by Crippen LogP contribution is -2.18. The number of hydrogen-bond acceptors (Lipinski definition) is 3. The Morgan fingerprint density at radius 3 is 2.17 bits per heavy atom. The van der Waals surface area contributed by atoms with Crippen LogP contribution in [-0.4, -0.2) is 20.8 Å². The molecule has 0 heterocycles. The predicted octanol–water partition coefficient (Wildman–Crippen LogP) is 1.76. The van der Waals surface area contributed by atoms with Crippen molar-refractivity contribution in [2.24, 2.45) is 5.14 Å². The van der Waals surface area contributed by atoms with E-state index in [4.69, 9.17) is 9.88 Å². The van der Waals surface area contributed by atoms with Crippen LogP contribution >= 0.6 is 0 Å². The van der Waals surface area contributed by atoms with E-state index in [-0.39, 0.29) is 24.5 Å². The highest BCUT2D eigenvalue weighted by atomic mass is 32.2. The molecular weight excluding hydrogens is 271 g/mol. The number of rotatable bonds is 5. The standard InChI is InChI=1S/C10H12F3NO3S/c11-10(12,13)8-2-4-9(5-3-8)17-6-1-7-18(14,15)16/h2-5H,1,6-7H2,(H2,14,15,16). The molecule has 1 aromatic rings. The van der Waals surface area contributed by atoms with Gasteiger partial charge in [0, 0.05) is 0 Å². The minimum atomic E-state index is -4.38. The number of benzene rings is 1. The molecule has 0 saturated carbocycles. The second-order valence-electron chi connectivity index (χ2n) is 3.59. The largest absolute Gasteiger partial charge is 0.494 e. The van der Waals surface area contributed by atoms with Gasteiger partial charge in [-0.25, -0.2) is 13.6 Å². The number of alkyl halides is 3. The van der Waals surface area contributed by atoms with E-state index in [1.165, 1.54) is 12.1 Å². The zero-order chi connectivity index (χ0) is 13.8. The Hall–Kier alpha value is -1.28. The van der Waals surface area contributed by atoms with Crippen LogP contribution in [0.3, 0.4) is 0 Å². The average molecular weight is 283 g/mol. The molecule has 0 aliphatic rings. The van der Waals surface area contributed by atoms with E-state index >= 15 is 0 Å². The van der Waals surface area contributed by atoms with Gasteiger partial charge in [-0.2, -0.15) is 13.2 Å². The first-order valence-electron chi connectivity index (χ1n) is 4.99. The Morgan fingerprint density at radius 2 is 1.72 bits per heavy atom. The first kappa shape index (κ1) is 14.8. The lowest BCUT2D eigenvalue weighted by Gasteiger charge is -2.08. The van der Waals surface area contributed by atoms with E-state index in [9.17, 15) is 21.6 Å². The first-order valence-corrected chi connectivity index (χ1v) is 6.70. The summed E-state index contributed by atoms with van der Waals surface area (Å²) < 4.78 is 63.0. The van der Waals surface area contributed by atoms with Gasteiger partial charge >= 0.3 is 6.18 Å². The molecule has 0 spiro atoms. The Morgan fingerprint density at radius 1 is 1.17 bits per heavy atom. The summed E-state index contributed by atoms with van der Waals surface area (Å²) in [5, 5.41) is 4.77. The molecule has 102 valence electrons. The van der Waals surface area contributed by atoms with Crippen LogP contribution in [0.25, 0.3) is 0 Å². The van der Waals surface area contributed by atoms with E-state index in [1.807, 2.05) is 0 Å². The third-order valence-corrected chi connectivity index (χ3v) is 2.88. The van der Waals surface area contributed by atoms with Crippen LogP contribution in [0.2, 0.25) is 0 Å². The average Bonchev–Trinajstić information content (AvgIpc) is 2.22. The molecule has 1 aromatic carbocycles. The molecule has 0 aliphatic carbocycles. The van der Waals surface area contributed by atoms with Crippen molar-refractivity contribution in [2.45, 2.75) is 12.6 Å². The van der Waals surface area contributed by atoms with Crippen molar-refractivity contribution < 1.29 is 26.3 Å². The molecule has 0 aromatic heterocycles. The number of halogens is 3. The predicted molar refractivity (Wildman–Crippen MR) is 59.5 cm³/mol. The fraction of sp³-hybridized carbons (Fsp3) is 0.400. The smallest absolute Gasteiger partial charge is 0.416 e. The maximum absolute atomic E-state index is 12.2. The van der Waals surface area contributed by atoms with Gasteiger partial charge < -0.3 is 4.74 Å². The van der Waals surface area contributed by atoms with Gasteiger partial charge in [0.15, 0.2) is 0 Å². The zero-order valence-corrected chi connectivity index (χ0v) is 10.1. The van der Waals surface area contributed by atoms with Crippen molar-refractivity contribution >= 4 is 10.0 Å². The quantitative estimate of drug-likeness (QED) is 0.837. The molecule has 18 heavy (non-hydrogen) atoms. The lowest BCUT2D eigenvalue weighted by atomic mass is 10.2. The summed E-state index contributed by atoms with van der Waals surface area (Å²) in [6.45, 7) is 0.0712. The molecule has 0 fully saturated rings. The van der Waals surface area contributed by atoms with Gasteiger partial charge in [-0.3, -0.25) is 0 Å². The molecule has 4 nitrogen and oxygen atoms in total. The minimum Gasteiger partial charge on any atom is -0.494 e. The number of nitrogens with two attached hydrogens (primary N) is 1. The van der Waals surface area contributed by atoms with Gasteiger partial charge in [-0.05, 0) is 30.7 Å². The molecule has 0 amide bonds. The highest BCUT2D eigenvalue weighted by molar-refractivity contribution is 7.89. The topological polar surface area (TPSA) is 69.4 Å². The van der Waals surface area contributed by atoms with Crippen LogP contribution in [0.5, 0.6) is 5.75 Å². The van der Waals surface area contributed by atoms with Crippen LogP contribution in [0.4, 0.5) is 13.2 Å². The van der Waals surface area contributed by atoms with Gasteiger partial charge in [-0.1, -0.05) is 0 Å². The second-order valence-corrected chi connectivity index (χ2v) is 5.33. The van der Waals surface area contributed by atoms with Crippen LogP contribution < -0.4 is 9.88 Å². The Bertz CT molecular complexity index is 482. The van der Waals surface area contributed by atoms with Gasteiger partial charge in [0.05, 0.1) is 17.9 Å². The number of primary sulfonamides is 1. The zero-order valence-electron chi connectivity index (χ0n) is 9.27. The fourth-order valence-corrected chi connectivity index (χ4v) is 1.71. The van der Waals surface area contributed by atoms with Crippen molar-refractivity contribution in [3.63, 3.8) is 0 Å². The first-order chi connectivity index (χ1) is 8.18. The van der Waals surface area contributed by atoms with Crippen LogP contribution in [0.1, 0.15) is 12.0 Å². The molecule has 0 radical (unpaired) electrons. The van der Waals surface area contributed by atoms with Crippen LogP contribution in [-0.2, 0) is 16.2 Å². The Balaban J connectivity index is 2.45. The number of ether oxygens (including phenoxy) is 1. The van der Waals surface area contributed by atoms with E-state index in [1.54, 1.807) is 0 Å². The van der Waals surface area contributed by atoms with E-state index in [0.29, 0.717) is 0 Å². The molecule has 2 N–H and O–H groups in total. The molecular formula is C10H12F3NO3S. The maximum Gasteiger partial charge on any atom is 0.416 e. The van der Waals surface area contributed by atoms with Crippen molar-refractivity contribution in [1.82, 2.24) is 0 Å². The summed E-state index contributed by atoms with van der Waals surface area (Å²) in [6.07, 6.45) is -4.20. The van der Waals surface area contributed by atoms with Crippen molar-refractivity contribution in [3.8, 4) is 5.75 Å². The number of hydrogen-bond donors (Lipinski definition) is 1. The summed E-state index contributed by atoms with van der Waals surface area (Å²) in [7, 11) is -3.53. The summed E-state index contributed by atoms with van der Waals surface area (Å²) >= 11 is 0. The van der Waals surface area contributed by atoms with Crippen LogP contribution in [0, 0.1) is 0 Å². The van der Waals surface area contributed by atoms with Crippen molar-refractivity contribution in [3.05, 3.63) is 29.8 Å². The molecule has 0 aliphatic heterocycles. The van der Waals surface area contributed by atoms with Gasteiger partial charge in [0.2, 0.25) is 10.0 Å². The van der Waals surface area contributed by atoms with Gasteiger partial charge in [0.25, 0.3) is 0 Å². The normalized spacial score (nSPS) is 12.4. The molecule has 0 bridgehead atoms. The summed E-state index contributed by atoms with van der Waals surface area (Å²) in [5.41, 5.74) is -0.764. The Kier molecular flexibility index (Phi) is 4.58. The lowest BCUT2D eigenvalue weighted by molar-refractivity contribution is -0.137. The van der Waals surface area contributed by atoms with E-state index in [0.717, 1.165) is 12.1 Å². The van der Waals surface area contributed by atoms with E-state index < -0.39 is 21.8 Å². The minimum absolute atomic E-state index is 0.0712. The van der Waals surface area contributed by atoms with Gasteiger partial charge in [0.1, 0.15) is 5.75 Å². The summed E-state index contributed by atoms with van der Waals surface area (Å²) in [6, 6.07) is 4.16. The van der Waals surface area contributed by atoms with Crippen molar-refractivity contribution in [2.75, 3.05) is 12.4 Å². The molecule has 0 atom stereocenters. The molecule has 0 unspecified atom stereocenters. The van der Waals surface area contributed by atoms with E-state index in [2.05, 4.69) is 0 Å². The second kappa shape index (κ2) is 5.57. The molecule has 0 saturated heterocycles. The highest BCUT2D eigenvalue weighted by Crippen LogP contribution is 2.30. The molecule has 1 rings (SSSR count). The van der Waals surface area contributed by atoms with Crippen molar-refractivity contribution in [1.29, 1.82) is 0 Å². The summed E-state index contributed by atoms with van der Waals surface area (Å²) in [4.78, 5) is 0. The van der Waals surface area contributed by atoms with Gasteiger partial charge in [-0.15, -0.1) is 0 Å². The third-order valence-electron chi connectivity index (χ3n) is 2.02. The summed E-state index contributed by atoms with van der Waals surface area (Å²) in [5.74, 6) is 0.0191. The van der Waals surface area contributed by atoms with Crippen LogP contribution in [0.15, 0.2) is 24.3 Å². The SMILES string of the molecule is NS(=O)(=O)CCCOc1ccc(C(F)(F)F)cc1.